The molecule has 0 saturated heterocycles. The number of carbonyl (C=O) groups excluding carboxylic acids is 1. The van der Waals surface area contributed by atoms with Crippen LogP contribution >= 0.6 is 39.1 Å². The van der Waals surface area contributed by atoms with Gasteiger partial charge in [0.15, 0.2) is 0 Å². The summed E-state index contributed by atoms with van der Waals surface area (Å²) >= 11 is 15.4. The molecule has 6 heteroatoms. The lowest BCUT2D eigenvalue weighted by atomic mass is 10.0. The van der Waals surface area contributed by atoms with Gasteiger partial charge in [-0.05, 0) is 47.2 Å². The van der Waals surface area contributed by atoms with E-state index in [9.17, 15) is 4.79 Å². The number of ether oxygens (including phenoxy) is 1. The van der Waals surface area contributed by atoms with E-state index in [1.54, 1.807) is 25.3 Å². The highest BCUT2D eigenvalue weighted by molar-refractivity contribution is 9.10. The van der Waals surface area contributed by atoms with Crippen LogP contribution in [-0.4, -0.2) is 13.0 Å². The number of fused-ring (bicyclic) bond motifs is 1. The van der Waals surface area contributed by atoms with Crippen LogP contribution in [-0.2, 0) is 11.2 Å². The Labute approximate surface area is 164 Å². The SMILES string of the molecule is COc1ccc2cc(Br)ccc2c1CC(=O)Nc1ccc(Cl)c(Cl)c1. The standard InChI is InChI=1S/C19H14BrCl2NO2/c1-25-18-7-2-11-8-12(20)3-5-14(11)15(18)10-19(24)23-13-4-6-16(21)17(22)9-13/h2-9H,10H2,1H3,(H,23,24). The molecular weight excluding hydrogens is 425 g/mol. The molecular formula is C19H14BrCl2NO2. The Morgan fingerprint density at radius 3 is 2.60 bits per heavy atom. The zero-order chi connectivity index (χ0) is 18.0. The molecule has 1 amide bonds. The third kappa shape index (κ3) is 4.09. The van der Waals surface area contributed by atoms with E-state index in [4.69, 9.17) is 27.9 Å². The number of benzene rings is 3. The lowest BCUT2D eigenvalue weighted by Crippen LogP contribution is -2.15. The minimum absolute atomic E-state index is 0.160. The molecule has 0 aliphatic heterocycles. The van der Waals surface area contributed by atoms with Gasteiger partial charge in [0.25, 0.3) is 0 Å². The highest BCUT2D eigenvalue weighted by Crippen LogP contribution is 2.31. The molecule has 0 aromatic heterocycles. The Balaban J connectivity index is 1.90. The average Bonchev–Trinajstić information content (AvgIpc) is 2.58. The lowest BCUT2D eigenvalue weighted by molar-refractivity contribution is -0.115. The van der Waals surface area contributed by atoms with Crippen LogP contribution in [0.1, 0.15) is 5.56 Å². The molecule has 0 spiro atoms. The van der Waals surface area contributed by atoms with Gasteiger partial charge in [0.2, 0.25) is 5.91 Å². The number of rotatable bonds is 4. The Kier molecular flexibility index (Phi) is 5.52. The Hall–Kier alpha value is -1.75. The molecule has 0 atom stereocenters. The lowest BCUT2D eigenvalue weighted by Gasteiger charge is -2.13. The second kappa shape index (κ2) is 7.65. The maximum atomic E-state index is 12.5. The van der Waals surface area contributed by atoms with E-state index in [0.717, 1.165) is 20.8 Å². The van der Waals surface area contributed by atoms with Crippen molar-refractivity contribution in [2.24, 2.45) is 0 Å². The van der Waals surface area contributed by atoms with Gasteiger partial charge in [-0.3, -0.25) is 4.79 Å². The smallest absolute Gasteiger partial charge is 0.228 e. The first kappa shape index (κ1) is 18.1. The highest BCUT2D eigenvalue weighted by atomic mass is 79.9. The van der Waals surface area contributed by atoms with Gasteiger partial charge >= 0.3 is 0 Å². The van der Waals surface area contributed by atoms with E-state index in [1.165, 1.54) is 0 Å². The van der Waals surface area contributed by atoms with E-state index < -0.39 is 0 Å². The van der Waals surface area contributed by atoms with Crippen molar-refractivity contribution in [3.8, 4) is 5.75 Å². The maximum Gasteiger partial charge on any atom is 0.228 e. The Bertz CT molecular complexity index is 960. The fraction of sp³-hybridized carbons (Fsp3) is 0.105. The largest absolute Gasteiger partial charge is 0.496 e. The predicted octanol–water partition coefficient (Wildman–Crippen LogP) is 6.10. The molecule has 0 fully saturated rings. The summed E-state index contributed by atoms with van der Waals surface area (Å²) in [6.45, 7) is 0. The van der Waals surface area contributed by atoms with E-state index in [1.807, 2.05) is 30.3 Å². The van der Waals surface area contributed by atoms with Crippen molar-refractivity contribution in [3.63, 3.8) is 0 Å². The van der Waals surface area contributed by atoms with E-state index in [2.05, 4.69) is 21.2 Å². The molecule has 0 saturated carbocycles. The molecule has 0 heterocycles. The van der Waals surface area contributed by atoms with Crippen molar-refractivity contribution in [1.29, 1.82) is 0 Å². The zero-order valence-electron chi connectivity index (χ0n) is 13.3. The van der Waals surface area contributed by atoms with Crippen molar-refractivity contribution in [2.75, 3.05) is 12.4 Å². The minimum atomic E-state index is -0.160. The summed E-state index contributed by atoms with van der Waals surface area (Å²) in [7, 11) is 1.60. The molecule has 128 valence electrons. The molecule has 0 unspecified atom stereocenters. The van der Waals surface area contributed by atoms with Gasteiger partial charge in [0.1, 0.15) is 5.75 Å². The fourth-order valence-electron chi connectivity index (χ4n) is 2.66. The zero-order valence-corrected chi connectivity index (χ0v) is 16.4. The van der Waals surface area contributed by atoms with Crippen LogP contribution in [0.5, 0.6) is 5.75 Å². The first-order chi connectivity index (χ1) is 12.0. The number of anilines is 1. The fourth-order valence-corrected chi connectivity index (χ4v) is 3.34. The van der Waals surface area contributed by atoms with Crippen LogP contribution in [0, 0.1) is 0 Å². The van der Waals surface area contributed by atoms with Crippen LogP contribution < -0.4 is 10.1 Å². The molecule has 0 aliphatic rings. The summed E-state index contributed by atoms with van der Waals surface area (Å²) in [4.78, 5) is 12.5. The summed E-state index contributed by atoms with van der Waals surface area (Å²) in [5, 5.41) is 5.69. The highest BCUT2D eigenvalue weighted by Gasteiger charge is 2.14. The van der Waals surface area contributed by atoms with Crippen molar-refractivity contribution in [1.82, 2.24) is 0 Å². The van der Waals surface area contributed by atoms with Crippen LogP contribution in [0.25, 0.3) is 10.8 Å². The normalized spacial score (nSPS) is 10.7. The molecule has 1 N–H and O–H groups in total. The number of amides is 1. The van der Waals surface area contributed by atoms with Crippen LogP contribution in [0.2, 0.25) is 10.0 Å². The number of methoxy groups -OCH3 is 1. The van der Waals surface area contributed by atoms with Crippen LogP contribution in [0.4, 0.5) is 5.69 Å². The summed E-state index contributed by atoms with van der Waals surface area (Å²) in [6.07, 6.45) is 0.183. The van der Waals surface area contributed by atoms with E-state index >= 15 is 0 Å². The van der Waals surface area contributed by atoms with Crippen molar-refractivity contribution < 1.29 is 9.53 Å². The maximum absolute atomic E-state index is 12.5. The van der Waals surface area contributed by atoms with Crippen molar-refractivity contribution >= 4 is 61.5 Å². The summed E-state index contributed by atoms with van der Waals surface area (Å²) in [5.74, 6) is 0.520. The van der Waals surface area contributed by atoms with Crippen molar-refractivity contribution in [3.05, 3.63) is 68.6 Å². The summed E-state index contributed by atoms with van der Waals surface area (Å²) in [6, 6.07) is 14.8. The second-order valence-electron chi connectivity index (χ2n) is 5.47. The Morgan fingerprint density at radius 1 is 1.08 bits per heavy atom. The third-order valence-electron chi connectivity index (χ3n) is 3.81. The van der Waals surface area contributed by atoms with Crippen LogP contribution in [0.15, 0.2) is 53.0 Å². The van der Waals surface area contributed by atoms with Gasteiger partial charge < -0.3 is 10.1 Å². The van der Waals surface area contributed by atoms with Crippen LogP contribution in [0.3, 0.4) is 0 Å². The number of nitrogens with one attached hydrogen (secondary N) is 1. The monoisotopic (exact) mass is 437 g/mol. The number of hydrogen-bond acceptors (Lipinski definition) is 2. The van der Waals surface area contributed by atoms with Gasteiger partial charge in [-0.2, -0.15) is 0 Å². The van der Waals surface area contributed by atoms with Crippen molar-refractivity contribution in [2.45, 2.75) is 6.42 Å². The quantitative estimate of drug-likeness (QED) is 0.534. The van der Waals surface area contributed by atoms with Gasteiger partial charge in [0.05, 0.1) is 23.6 Å². The number of hydrogen-bond donors (Lipinski definition) is 1. The Morgan fingerprint density at radius 2 is 1.88 bits per heavy atom. The van der Waals surface area contributed by atoms with E-state index in [-0.39, 0.29) is 12.3 Å². The van der Waals surface area contributed by atoms with E-state index in [0.29, 0.717) is 21.5 Å². The summed E-state index contributed by atoms with van der Waals surface area (Å²) in [5.41, 5.74) is 1.44. The van der Waals surface area contributed by atoms with Gasteiger partial charge in [-0.25, -0.2) is 0 Å². The summed E-state index contributed by atoms with van der Waals surface area (Å²) < 4.78 is 6.42. The second-order valence-corrected chi connectivity index (χ2v) is 7.20. The molecule has 0 bridgehead atoms. The first-order valence-electron chi connectivity index (χ1n) is 7.48. The molecule has 3 rings (SSSR count). The number of halogens is 3. The topological polar surface area (TPSA) is 38.3 Å². The number of carbonyl (C=O) groups is 1. The minimum Gasteiger partial charge on any atom is -0.496 e. The molecule has 25 heavy (non-hydrogen) atoms. The molecule has 0 aliphatic carbocycles. The average molecular weight is 439 g/mol. The van der Waals surface area contributed by atoms with Gasteiger partial charge in [0, 0.05) is 15.7 Å². The van der Waals surface area contributed by atoms with Gasteiger partial charge in [-0.15, -0.1) is 0 Å². The molecule has 3 aromatic rings. The molecule has 3 nitrogen and oxygen atoms in total. The van der Waals surface area contributed by atoms with Gasteiger partial charge in [-0.1, -0.05) is 51.3 Å². The predicted molar refractivity (Wildman–Crippen MR) is 107 cm³/mol. The molecule has 0 radical (unpaired) electrons. The third-order valence-corrected chi connectivity index (χ3v) is 5.04. The first-order valence-corrected chi connectivity index (χ1v) is 9.03. The molecule has 3 aromatic carbocycles.